The van der Waals surface area contributed by atoms with Gasteiger partial charge in [0.1, 0.15) is 0 Å². The number of H-pyrrole nitrogens is 2. The Morgan fingerprint density at radius 3 is 2.27 bits per heavy atom. The largest absolute Gasteiger partial charge is 0.349 e. The van der Waals surface area contributed by atoms with Crippen molar-refractivity contribution in [2.24, 2.45) is 0 Å². The molecule has 1 aliphatic rings. The molecule has 1 aliphatic carbocycles. The van der Waals surface area contributed by atoms with Gasteiger partial charge in [0, 0.05) is 17.3 Å². The normalized spacial score (nSPS) is 15.6. The molecule has 2 aromatic carbocycles. The van der Waals surface area contributed by atoms with Crippen molar-refractivity contribution >= 4 is 32.7 Å². The van der Waals surface area contributed by atoms with Crippen LogP contribution in [0.3, 0.4) is 0 Å². The molecular formula is C21H24N4O4S. The molecule has 1 aromatic heterocycles. The Bertz CT molecular complexity index is 1200. The van der Waals surface area contributed by atoms with E-state index in [0.29, 0.717) is 22.3 Å². The molecule has 158 valence electrons. The van der Waals surface area contributed by atoms with Crippen molar-refractivity contribution in [2.45, 2.75) is 49.5 Å². The maximum absolute atomic E-state index is 12.7. The van der Waals surface area contributed by atoms with Crippen LogP contribution in [0.4, 0.5) is 5.69 Å². The molecule has 1 fully saturated rings. The minimum absolute atomic E-state index is 0.0282. The van der Waals surface area contributed by atoms with Gasteiger partial charge in [-0.25, -0.2) is 13.2 Å². The van der Waals surface area contributed by atoms with Crippen LogP contribution in [0.1, 0.15) is 48.9 Å². The number of hydrogen-bond acceptors (Lipinski definition) is 4. The van der Waals surface area contributed by atoms with Crippen LogP contribution in [-0.4, -0.2) is 30.3 Å². The number of hydrogen-bond donors (Lipinski definition) is 4. The summed E-state index contributed by atoms with van der Waals surface area (Å²) in [4.78, 5) is 29.0. The Morgan fingerprint density at radius 2 is 1.57 bits per heavy atom. The van der Waals surface area contributed by atoms with Gasteiger partial charge in [-0.1, -0.05) is 25.7 Å². The van der Waals surface area contributed by atoms with E-state index in [2.05, 4.69) is 20.0 Å². The molecule has 4 rings (SSSR count). The number of carbonyl (C=O) groups excluding carboxylic acids is 1. The van der Waals surface area contributed by atoms with Gasteiger partial charge < -0.3 is 15.3 Å². The van der Waals surface area contributed by atoms with E-state index >= 15 is 0 Å². The van der Waals surface area contributed by atoms with Gasteiger partial charge >= 0.3 is 5.69 Å². The van der Waals surface area contributed by atoms with Gasteiger partial charge in [0.05, 0.1) is 15.9 Å². The zero-order valence-electron chi connectivity index (χ0n) is 16.4. The highest BCUT2D eigenvalue weighted by atomic mass is 32.2. The van der Waals surface area contributed by atoms with Crippen LogP contribution in [0, 0.1) is 0 Å². The zero-order chi connectivity index (χ0) is 21.1. The van der Waals surface area contributed by atoms with E-state index < -0.39 is 15.7 Å². The van der Waals surface area contributed by atoms with Gasteiger partial charge in [0.25, 0.3) is 15.9 Å². The molecule has 0 radical (unpaired) electrons. The second-order valence-corrected chi connectivity index (χ2v) is 9.31. The van der Waals surface area contributed by atoms with Gasteiger partial charge in [-0.05, 0) is 55.3 Å². The average molecular weight is 429 g/mol. The van der Waals surface area contributed by atoms with Crippen molar-refractivity contribution in [1.29, 1.82) is 0 Å². The van der Waals surface area contributed by atoms with Crippen LogP contribution in [0.25, 0.3) is 11.0 Å². The summed E-state index contributed by atoms with van der Waals surface area (Å²) < 4.78 is 27.8. The van der Waals surface area contributed by atoms with Gasteiger partial charge in [-0.3, -0.25) is 9.52 Å². The number of benzene rings is 2. The second kappa shape index (κ2) is 8.35. The van der Waals surface area contributed by atoms with Gasteiger partial charge in [0.2, 0.25) is 0 Å². The topological polar surface area (TPSA) is 124 Å². The minimum atomic E-state index is -3.84. The molecular weight excluding hydrogens is 404 g/mol. The van der Waals surface area contributed by atoms with Crippen molar-refractivity contribution in [2.75, 3.05) is 4.72 Å². The molecule has 4 N–H and O–H groups in total. The van der Waals surface area contributed by atoms with Crippen LogP contribution >= 0.6 is 0 Å². The van der Waals surface area contributed by atoms with E-state index in [1.807, 2.05) is 0 Å². The number of sulfonamides is 1. The van der Waals surface area contributed by atoms with E-state index in [4.69, 9.17) is 0 Å². The molecule has 0 saturated heterocycles. The number of amides is 1. The van der Waals surface area contributed by atoms with E-state index in [9.17, 15) is 18.0 Å². The summed E-state index contributed by atoms with van der Waals surface area (Å²) in [5.74, 6) is -0.141. The smallest absolute Gasteiger partial charge is 0.323 e. The molecule has 1 saturated carbocycles. The van der Waals surface area contributed by atoms with E-state index in [1.165, 1.54) is 31.0 Å². The number of rotatable bonds is 5. The summed E-state index contributed by atoms with van der Waals surface area (Å²) in [6.07, 6.45) is 6.70. The second-order valence-electron chi connectivity index (χ2n) is 7.63. The maximum atomic E-state index is 12.7. The van der Waals surface area contributed by atoms with Crippen LogP contribution in [0.5, 0.6) is 0 Å². The van der Waals surface area contributed by atoms with Gasteiger partial charge in [0.15, 0.2) is 0 Å². The first-order chi connectivity index (χ1) is 14.4. The summed E-state index contributed by atoms with van der Waals surface area (Å²) in [5, 5.41) is 3.08. The third-order valence-corrected chi connectivity index (χ3v) is 6.77. The molecule has 0 aliphatic heterocycles. The molecule has 0 spiro atoms. The van der Waals surface area contributed by atoms with Crippen molar-refractivity contribution in [3.8, 4) is 0 Å². The third-order valence-electron chi connectivity index (χ3n) is 5.39. The fourth-order valence-corrected chi connectivity index (χ4v) is 4.86. The lowest BCUT2D eigenvalue weighted by Crippen LogP contribution is -2.34. The van der Waals surface area contributed by atoms with Gasteiger partial charge in [-0.2, -0.15) is 0 Å². The van der Waals surface area contributed by atoms with Crippen molar-refractivity contribution < 1.29 is 13.2 Å². The zero-order valence-corrected chi connectivity index (χ0v) is 17.2. The quantitative estimate of drug-likeness (QED) is 0.466. The minimum Gasteiger partial charge on any atom is -0.349 e. The number of aromatic nitrogens is 2. The monoisotopic (exact) mass is 428 g/mol. The van der Waals surface area contributed by atoms with Gasteiger partial charge in [-0.15, -0.1) is 0 Å². The van der Waals surface area contributed by atoms with E-state index in [0.717, 1.165) is 25.7 Å². The summed E-state index contributed by atoms with van der Waals surface area (Å²) in [6.45, 7) is 0. The Labute approximate surface area is 174 Å². The van der Waals surface area contributed by atoms with Crippen LogP contribution in [0.2, 0.25) is 0 Å². The predicted molar refractivity (Wildman–Crippen MR) is 115 cm³/mol. The molecule has 9 heteroatoms. The fraction of sp³-hybridized carbons (Fsp3) is 0.333. The van der Waals surface area contributed by atoms with Crippen LogP contribution in [-0.2, 0) is 10.0 Å². The summed E-state index contributed by atoms with van der Waals surface area (Å²) >= 11 is 0. The van der Waals surface area contributed by atoms with Crippen molar-refractivity contribution in [1.82, 2.24) is 15.3 Å². The standard InChI is InChI=1S/C21H24N4O4S/c26-20(22-15-5-3-1-2-4-6-15)14-7-9-16(10-8-14)25-30(28,29)17-11-12-18-19(13-17)24-21(27)23-18/h7-13,15,25H,1-6H2,(H,22,26)(H2,23,24,27). The Hall–Kier alpha value is -3.07. The summed E-state index contributed by atoms with van der Waals surface area (Å²) in [7, 11) is -3.84. The predicted octanol–water partition coefficient (Wildman–Crippen LogP) is 3.11. The first kappa shape index (κ1) is 20.2. The molecule has 3 aromatic rings. The van der Waals surface area contributed by atoms with Crippen molar-refractivity contribution in [3.05, 3.63) is 58.5 Å². The average Bonchev–Trinajstić information content (AvgIpc) is 2.90. The number of nitrogens with one attached hydrogen (secondary N) is 4. The highest BCUT2D eigenvalue weighted by Gasteiger charge is 2.18. The SMILES string of the molecule is O=C(NC1CCCCCC1)c1ccc(NS(=O)(=O)c2ccc3[nH]c(=O)[nH]c3c2)cc1. The van der Waals surface area contributed by atoms with E-state index in [-0.39, 0.29) is 16.8 Å². The molecule has 1 heterocycles. The molecule has 30 heavy (non-hydrogen) atoms. The first-order valence-electron chi connectivity index (χ1n) is 10.1. The summed E-state index contributed by atoms with van der Waals surface area (Å²) in [5.41, 5.74) is 1.39. The molecule has 8 nitrogen and oxygen atoms in total. The number of aromatic amines is 2. The lowest BCUT2D eigenvalue weighted by Gasteiger charge is -2.16. The Balaban J connectivity index is 1.45. The fourth-order valence-electron chi connectivity index (χ4n) is 3.77. The first-order valence-corrected chi connectivity index (χ1v) is 11.5. The third kappa shape index (κ3) is 4.56. The van der Waals surface area contributed by atoms with Crippen LogP contribution in [0.15, 0.2) is 52.2 Å². The Morgan fingerprint density at radius 1 is 0.900 bits per heavy atom. The van der Waals surface area contributed by atoms with E-state index in [1.54, 1.807) is 24.3 Å². The molecule has 0 atom stereocenters. The molecule has 0 unspecified atom stereocenters. The maximum Gasteiger partial charge on any atom is 0.323 e. The summed E-state index contributed by atoms with van der Waals surface area (Å²) in [6, 6.07) is 10.9. The number of anilines is 1. The Kier molecular flexibility index (Phi) is 5.63. The van der Waals surface area contributed by atoms with Crippen molar-refractivity contribution in [3.63, 3.8) is 0 Å². The number of fused-ring (bicyclic) bond motifs is 1. The molecule has 0 bridgehead atoms. The number of carbonyl (C=O) groups is 1. The lowest BCUT2D eigenvalue weighted by atomic mass is 10.1. The number of imidazole rings is 1. The molecule has 1 amide bonds. The van der Waals surface area contributed by atoms with Crippen LogP contribution < -0.4 is 15.7 Å². The highest BCUT2D eigenvalue weighted by molar-refractivity contribution is 7.92. The lowest BCUT2D eigenvalue weighted by molar-refractivity contribution is 0.0933. The highest BCUT2D eigenvalue weighted by Crippen LogP contribution is 2.20.